The Balaban J connectivity index is 1.68. The summed E-state index contributed by atoms with van der Waals surface area (Å²) in [6.45, 7) is 4.15. The molecule has 0 amide bonds. The van der Waals surface area contributed by atoms with Crippen LogP contribution in [-0.2, 0) is 18.6 Å². The van der Waals surface area contributed by atoms with Crippen LogP contribution < -0.4 is 5.69 Å². The first kappa shape index (κ1) is 17.1. The molecular formula is C22H22N2OS. The second kappa shape index (κ2) is 7.12. The third-order valence-corrected chi connectivity index (χ3v) is 5.98. The lowest BCUT2D eigenvalue weighted by atomic mass is 10.2. The molecule has 2 aromatic carbocycles. The van der Waals surface area contributed by atoms with E-state index in [-0.39, 0.29) is 5.69 Å². The van der Waals surface area contributed by atoms with Gasteiger partial charge >= 0.3 is 5.69 Å². The van der Waals surface area contributed by atoms with Crippen molar-refractivity contribution in [1.29, 1.82) is 0 Å². The van der Waals surface area contributed by atoms with Crippen LogP contribution in [0.4, 0.5) is 0 Å². The highest BCUT2D eigenvalue weighted by Crippen LogP contribution is 2.32. The molecule has 0 atom stereocenters. The van der Waals surface area contributed by atoms with E-state index in [0.29, 0.717) is 0 Å². The molecule has 1 heterocycles. The number of hydrogen-bond donors (Lipinski definition) is 0. The predicted molar refractivity (Wildman–Crippen MR) is 107 cm³/mol. The van der Waals surface area contributed by atoms with E-state index in [0.717, 1.165) is 41.4 Å². The quantitative estimate of drug-likeness (QED) is 0.501. The third kappa shape index (κ3) is 3.34. The number of rotatable bonds is 4. The molecular weight excluding hydrogens is 340 g/mol. The Labute approximate surface area is 158 Å². The van der Waals surface area contributed by atoms with Crippen molar-refractivity contribution in [3.8, 4) is 5.69 Å². The zero-order valence-corrected chi connectivity index (χ0v) is 16.0. The van der Waals surface area contributed by atoms with Crippen LogP contribution >= 0.6 is 11.8 Å². The summed E-state index contributed by atoms with van der Waals surface area (Å²) in [5.74, 6) is 0.841. The van der Waals surface area contributed by atoms with Crippen LogP contribution in [0.25, 0.3) is 5.69 Å². The summed E-state index contributed by atoms with van der Waals surface area (Å²) in [4.78, 5) is 17.2. The van der Waals surface area contributed by atoms with Gasteiger partial charge in [0, 0.05) is 17.0 Å². The molecule has 0 aliphatic heterocycles. The van der Waals surface area contributed by atoms with Crippen LogP contribution in [0.2, 0.25) is 0 Å². The molecule has 0 saturated heterocycles. The number of nitrogens with zero attached hydrogens (tertiary/aromatic N) is 2. The number of aryl methyl sites for hydroxylation is 2. The molecule has 1 aliphatic rings. The van der Waals surface area contributed by atoms with Gasteiger partial charge in [0.05, 0.1) is 5.69 Å². The molecule has 0 saturated carbocycles. The SMILES string of the molecule is Cc1ccc(CSc2nc(=O)n(-c3ccc(C)cc3)c3c2CCC3)cc1. The maximum atomic E-state index is 12.8. The van der Waals surface area contributed by atoms with E-state index < -0.39 is 0 Å². The van der Waals surface area contributed by atoms with E-state index in [1.807, 2.05) is 24.3 Å². The lowest BCUT2D eigenvalue weighted by Crippen LogP contribution is -2.25. The molecule has 26 heavy (non-hydrogen) atoms. The van der Waals surface area contributed by atoms with E-state index in [4.69, 9.17) is 0 Å². The summed E-state index contributed by atoms with van der Waals surface area (Å²) in [6, 6.07) is 16.7. The van der Waals surface area contributed by atoms with Gasteiger partial charge in [0.15, 0.2) is 0 Å². The average Bonchev–Trinajstić information content (AvgIpc) is 3.12. The van der Waals surface area contributed by atoms with Crippen LogP contribution in [0, 0.1) is 13.8 Å². The molecule has 4 heteroatoms. The highest BCUT2D eigenvalue weighted by Gasteiger charge is 2.22. The lowest BCUT2D eigenvalue weighted by molar-refractivity contribution is 0.802. The van der Waals surface area contributed by atoms with Gasteiger partial charge in [-0.15, -0.1) is 11.8 Å². The average molecular weight is 362 g/mol. The Hall–Kier alpha value is -2.33. The smallest absolute Gasteiger partial charge is 0.265 e. The summed E-state index contributed by atoms with van der Waals surface area (Å²) in [5.41, 5.74) is 6.86. The number of hydrogen-bond acceptors (Lipinski definition) is 3. The second-order valence-electron chi connectivity index (χ2n) is 6.92. The normalized spacial score (nSPS) is 13.0. The Bertz CT molecular complexity index is 988. The molecule has 0 fully saturated rings. The van der Waals surface area contributed by atoms with Crippen molar-refractivity contribution in [2.24, 2.45) is 0 Å². The van der Waals surface area contributed by atoms with Gasteiger partial charge in [-0.05, 0) is 50.8 Å². The van der Waals surface area contributed by atoms with Gasteiger partial charge in [-0.25, -0.2) is 4.79 Å². The minimum absolute atomic E-state index is 0.166. The monoisotopic (exact) mass is 362 g/mol. The van der Waals surface area contributed by atoms with Gasteiger partial charge < -0.3 is 0 Å². The molecule has 4 rings (SSSR count). The first-order valence-corrected chi connectivity index (χ1v) is 10.0. The van der Waals surface area contributed by atoms with Crippen LogP contribution in [0.1, 0.15) is 34.4 Å². The number of fused-ring (bicyclic) bond motifs is 1. The van der Waals surface area contributed by atoms with Crippen molar-refractivity contribution in [2.75, 3.05) is 0 Å². The van der Waals surface area contributed by atoms with E-state index in [1.54, 1.807) is 16.3 Å². The summed E-state index contributed by atoms with van der Waals surface area (Å²) in [6.07, 6.45) is 3.04. The Morgan fingerprint density at radius 1 is 0.962 bits per heavy atom. The van der Waals surface area contributed by atoms with Gasteiger partial charge in [0.25, 0.3) is 0 Å². The largest absolute Gasteiger partial charge is 0.353 e. The summed E-state index contributed by atoms with van der Waals surface area (Å²) < 4.78 is 1.80. The zero-order chi connectivity index (χ0) is 18.1. The molecule has 0 bridgehead atoms. The summed E-state index contributed by atoms with van der Waals surface area (Å²) in [5, 5.41) is 0.909. The summed E-state index contributed by atoms with van der Waals surface area (Å²) in [7, 11) is 0. The van der Waals surface area contributed by atoms with Crippen LogP contribution in [-0.4, -0.2) is 9.55 Å². The van der Waals surface area contributed by atoms with Crippen molar-refractivity contribution in [3.05, 3.63) is 87.0 Å². The topological polar surface area (TPSA) is 34.9 Å². The zero-order valence-electron chi connectivity index (χ0n) is 15.2. The fraction of sp³-hybridized carbons (Fsp3) is 0.273. The first-order valence-electron chi connectivity index (χ1n) is 9.02. The Morgan fingerprint density at radius 2 is 1.62 bits per heavy atom. The van der Waals surface area contributed by atoms with Crippen molar-refractivity contribution in [1.82, 2.24) is 9.55 Å². The summed E-state index contributed by atoms with van der Waals surface area (Å²) >= 11 is 1.68. The number of aromatic nitrogens is 2. The van der Waals surface area contributed by atoms with Crippen molar-refractivity contribution in [3.63, 3.8) is 0 Å². The maximum Gasteiger partial charge on any atom is 0.353 e. The van der Waals surface area contributed by atoms with Gasteiger partial charge in [-0.1, -0.05) is 47.5 Å². The molecule has 0 unspecified atom stereocenters. The predicted octanol–water partition coefficient (Wildman–Crippen LogP) is 4.63. The van der Waals surface area contributed by atoms with Gasteiger partial charge in [-0.2, -0.15) is 4.98 Å². The van der Waals surface area contributed by atoms with E-state index >= 15 is 0 Å². The fourth-order valence-electron chi connectivity index (χ4n) is 3.44. The first-order chi connectivity index (χ1) is 12.6. The molecule has 0 N–H and O–H groups in total. The molecule has 0 radical (unpaired) electrons. The van der Waals surface area contributed by atoms with Crippen LogP contribution in [0.15, 0.2) is 58.4 Å². The van der Waals surface area contributed by atoms with E-state index in [9.17, 15) is 4.79 Å². The standard InChI is InChI=1S/C22H22N2OS/c1-15-6-10-17(11-7-15)14-26-21-19-4-3-5-20(19)24(22(25)23-21)18-12-8-16(2)9-13-18/h6-13H,3-5,14H2,1-2H3. The van der Waals surface area contributed by atoms with E-state index in [1.165, 1.54) is 22.3 Å². The molecule has 132 valence electrons. The maximum absolute atomic E-state index is 12.8. The van der Waals surface area contributed by atoms with Crippen molar-refractivity contribution < 1.29 is 0 Å². The molecule has 3 nitrogen and oxygen atoms in total. The fourth-order valence-corrected chi connectivity index (χ4v) is 4.47. The van der Waals surface area contributed by atoms with Crippen LogP contribution in [0.5, 0.6) is 0 Å². The highest BCUT2D eigenvalue weighted by atomic mass is 32.2. The number of benzene rings is 2. The van der Waals surface area contributed by atoms with Crippen molar-refractivity contribution in [2.45, 2.75) is 43.9 Å². The van der Waals surface area contributed by atoms with Gasteiger partial charge in [-0.3, -0.25) is 4.57 Å². The minimum Gasteiger partial charge on any atom is -0.265 e. The molecule has 0 spiro atoms. The minimum atomic E-state index is -0.166. The lowest BCUT2D eigenvalue weighted by Gasteiger charge is -2.14. The number of thioether (sulfide) groups is 1. The molecule has 3 aromatic rings. The molecule has 1 aromatic heterocycles. The molecule has 1 aliphatic carbocycles. The van der Waals surface area contributed by atoms with Gasteiger partial charge in [0.2, 0.25) is 0 Å². The third-order valence-electron chi connectivity index (χ3n) is 4.89. The second-order valence-corrected chi connectivity index (χ2v) is 7.89. The van der Waals surface area contributed by atoms with E-state index in [2.05, 4.69) is 43.1 Å². The van der Waals surface area contributed by atoms with Crippen molar-refractivity contribution >= 4 is 11.8 Å². The Kier molecular flexibility index (Phi) is 4.68. The highest BCUT2D eigenvalue weighted by molar-refractivity contribution is 7.98. The Morgan fingerprint density at radius 3 is 2.31 bits per heavy atom. The van der Waals surface area contributed by atoms with Gasteiger partial charge in [0.1, 0.15) is 5.03 Å². The van der Waals surface area contributed by atoms with Crippen LogP contribution in [0.3, 0.4) is 0 Å².